The van der Waals surface area contributed by atoms with Gasteiger partial charge >= 0.3 is 6.55 Å². The number of nitrogens with zero attached hydrogens (tertiary/aromatic N) is 1. The van der Waals surface area contributed by atoms with Crippen molar-refractivity contribution in [3.63, 3.8) is 0 Å². The van der Waals surface area contributed by atoms with Crippen LogP contribution >= 0.6 is 11.8 Å². The number of thioether (sulfide) groups is 1. The van der Waals surface area contributed by atoms with Gasteiger partial charge in [0.2, 0.25) is 10.0 Å². The predicted octanol–water partition coefficient (Wildman–Crippen LogP) is 3.03. The van der Waals surface area contributed by atoms with Crippen molar-refractivity contribution in [2.75, 3.05) is 12.8 Å². The van der Waals surface area contributed by atoms with Crippen LogP contribution in [0.25, 0.3) is 0 Å². The van der Waals surface area contributed by atoms with Crippen molar-refractivity contribution in [1.29, 1.82) is 0 Å². The van der Waals surface area contributed by atoms with Crippen molar-refractivity contribution in [3.05, 3.63) is 24.3 Å². The quantitative estimate of drug-likeness (QED) is 0.598. The van der Waals surface area contributed by atoms with E-state index in [9.17, 15) is 17.2 Å². The molecule has 0 heterocycles. The fraction of sp³-hybridized carbons (Fsp3) is 0.455. The third-order valence-corrected chi connectivity index (χ3v) is 5.48. The average molecular weight is 295 g/mol. The van der Waals surface area contributed by atoms with Crippen molar-refractivity contribution in [2.45, 2.75) is 29.7 Å². The molecule has 0 atom stereocenters. The molecule has 0 N–H and O–H groups in total. The Morgan fingerprint density at radius 3 is 2.50 bits per heavy atom. The Labute approximate surface area is 110 Å². The van der Waals surface area contributed by atoms with Gasteiger partial charge in [-0.15, -0.1) is 16.1 Å². The summed E-state index contributed by atoms with van der Waals surface area (Å²) in [4.78, 5) is 0.443. The van der Waals surface area contributed by atoms with Crippen LogP contribution in [0.5, 0.6) is 0 Å². The van der Waals surface area contributed by atoms with Crippen molar-refractivity contribution in [1.82, 2.24) is 4.31 Å². The SMILES string of the molecule is CCCSc1ccccc1S(=O)(=O)N(C)C(F)F. The molecular formula is C11H15F2NO2S2. The van der Waals surface area contributed by atoms with Gasteiger partial charge in [-0.25, -0.2) is 8.42 Å². The molecule has 18 heavy (non-hydrogen) atoms. The molecule has 0 radical (unpaired) electrons. The molecule has 7 heteroatoms. The first kappa shape index (κ1) is 15.4. The highest BCUT2D eigenvalue weighted by Gasteiger charge is 2.29. The highest BCUT2D eigenvalue weighted by atomic mass is 32.2. The van der Waals surface area contributed by atoms with Crippen molar-refractivity contribution in [3.8, 4) is 0 Å². The molecule has 1 aromatic rings. The van der Waals surface area contributed by atoms with Crippen LogP contribution in [0.1, 0.15) is 13.3 Å². The van der Waals surface area contributed by atoms with Crippen LogP contribution < -0.4 is 0 Å². The van der Waals surface area contributed by atoms with E-state index in [1.54, 1.807) is 12.1 Å². The van der Waals surface area contributed by atoms with Gasteiger partial charge in [-0.2, -0.15) is 8.78 Å². The zero-order valence-electron chi connectivity index (χ0n) is 10.1. The van der Waals surface area contributed by atoms with Gasteiger partial charge in [0.1, 0.15) is 0 Å². The summed E-state index contributed by atoms with van der Waals surface area (Å²) in [5.41, 5.74) is 0. The van der Waals surface area contributed by atoms with E-state index in [1.165, 1.54) is 23.9 Å². The molecule has 0 aliphatic rings. The molecule has 3 nitrogen and oxygen atoms in total. The second kappa shape index (κ2) is 6.49. The fourth-order valence-electron chi connectivity index (χ4n) is 1.25. The smallest absolute Gasteiger partial charge is 0.207 e. The zero-order chi connectivity index (χ0) is 13.8. The first-order valence-electron chi connectivity index (χ1n) is 5.39. The first-order chi connectivity index (χ1) is 8.41. The lowest BCUT2D eigenvalue weighted by Crippen LogP contribution is -2.31. The Morgan fingerprint density at radius 2 is 1.94 bits per heavy atom. The van der Waals surface area contributed by atoms with Crippen LogP contribution in [0, 0.1) is 0 Å². The molecule has 0 aromatic heterocycles. The molecule has 0 spiro atoms. The molecule has 0 amide bonds. The van der Waals surface area contributed by atoms with Gasteiger partial charge in [-0.1, -0.05) is 19.1 Å². The maximum Gasteiger partial charge on any atom is 0.307 e. The third kappa shape index (κ3) is 3.43. The van der Waals surface area contributed by atoms with E-state index in [0.717, 1.165) is 19.2 Å². The van der Waals surface area contributed by atoms with Crippen LogP contribution in [-0.2, 0) is 10.0 Å². The van der Waals surface area contributed by atoms with Crippen molar-refractivity contribution in [2.24, 2.45) is 0 Å². The van der Waals surface area contributed by atoms with E-state index in [2.05, 4.69) is 0 Å². The summed E-state index contributed by atoms with van der Waals surface area (Å²) >= 11 is 1.35. The van der Waals surface area contributed by atoms with Crippen LogP contribution in [0.2, 0.25) is 0 Å². The van der Waals surface area contributed by atoms with Crippen LogP contribution in [0.4, 0.5) is 8.78 Å². The maximum atomic E-state index is 12.5. The number of hydrogen-bond acceptors (Lipinski definition) is 3. The van der Waals surface area contributed by atoms with Gasteiger partial charge < -0.3 is 0 Å². The minimum atomic E-state index is -4.14. The summed E-state index contributed by atoms with van der Waals surface area (Å²) in [5.74, 6) is 0.741. The molecule has 1 rings (SSSR count). The minimum Gasteiger partial charge on any atom is -0.207 e. The molecule has 102 valence electrons. The van der Waals surface area contributed by atoms with Crippen LogP contribution in [-0.4, -0.2) is 32.1 Å². The number of benzene rings is 1. The lowest BCUT2D eigenvalue weighted by Gasteiger charge is -2.17. The van der Waals surface area contributed by atoms with Gasteiger partial charge in [0, 0.05) is 11.9 Å². The molecule has 0 fully saturated rings. The maximum absolute atomic E-state index is 12.5. The van der Waals surface area contributed by atoms with Gasteiger partial charge in [-0.05, 0) is 24.3 Å². The highest BCUT2D eigenvalue weighted by Crippen LogP contribution is 2.29. The largest absolute Gasteiger partial charge is 0.307 e. The second-order valence-electron chi connectivity index (χ2n) is 3.59. The summed E-state index contributed by atoms with van der Waals surface area (Å²) in [6.45, 7) is -1.07. The summed E-state index contributed by atoms with van der Waals surface area (Å²) in [5, 5.41) is 0. The molecule has 0 aliphatic heterocycles. The van der Waals surface area contributed by atoms with Crippen LogP contribution in [0.3, 0.4) is 0 Å². The topological polar surface area (TPSA) is 37.4 Å². The Balaban J connectivity index is 3.16. The van der Waals surface area contributed by atoms with Gasteiger partial charge in [0.25, 0.3) is 0 Å². The Bertz CT molecular complexity index is 492. The molecule has 0 saturated carbocycles. The fourth-order valence-corrected chi connectivity index (χ4v) is 3.65. The summed E-state index contributed by atoms with van der Waals surface area (Å²) in [6.07, 6.45) is 0.879. The number of rotatable bonds is 6. The van der Waals surface area contributed by atoms with Crippen molar-refractivity contribution < 1.29 is 17.2 Å². The predicted molar refractivity (Wildman–Crippen MR) is 68.4 cm³/mol. The monoisotopic (exact) mass is 295 g/mol. The Hall–Kier alpha value is -0.660. The standard InChI is InChI=1S/C11H15F2NO2S2/c1-3-8-17-9-6-4-5-7-10(9)18(15,16)14(2)11(12)13/h4-7,11H,3,8H2,1-2H3. The summed E-state index contributed by atoms with van der Waals surface area (Å²) in [7, 11) is -3.26. The molecule has 0 saturated heterocycles. The van der Waals surface area contributed by atoms with E-state index in [1.807, 2.05) is 6.92 Å². The summed E-state index contributed by atoms with van der Waals surface area (Å²) < 4.78 is 49.1. The van der Waals surface area contributed by atoms with E-state index in [-0.39, 0.29) is 9.20 Å². The van der Waals surface area contributed by atoms with Crippen LogP contribution in [0.15, 0.2) is 34.1 Å². The Morgan fingerprint density at radius 1 is 1.33 bits per heavy atom. The van der Waals surface area contributed by atoms with Gasteiger partial charge in [0.15, 0.2) is 0 Å². The van der Waals surface area contributed by atoms with E-state index >= 15 is 0 Å². The normalized spacial score (nSPS) is 12.3. The van der Waals surface area contributed by atoms with E-state index in [0.29, 0.717) is 4.90 Å². The third-order valence-electron chi connectivity index (χ3n) is 2.24. The number of alkyl halides is 2. The first-order valence-corrected chi connectivity index (χ1v) is 7.81. The molecular weight excluding hydrogens is 280 g/mol. The highest BCUT2D eigenvalue weighted by molar-refractivity contribution is 8.00. The number of hydrogen-bond donors (Lipinski definition) is 0. The second-order valence-corrected chi connectivity index (χ2v) is 6.70. The Kier molecular flexibility index (Phi) is 5.55. The number of sulfonamides is 1. The molecule has 1 aromatic carbocycles. The van der Waals surface area contributed by atoms with Crippen molar-refractivity contribution >= 4 is 21.8 Å². The molecule has 0 bridgehead atoms. The summed E-state index contributed by atoms with van der Waals surface area (Å²) in [6, 6.07) is 6.21. The van der Waals surface area contributed by atoms with Gasteiger partial charge in [-0.3, -0.25) is 0 Å². The zero-order valence-corrected chi connectivity index (χ0v) is 11.8. The number of halogens is 2. The molecule has 0 unspecified atom stereocenters. The molecule has 0 aliphatic carbocycles. The van der Waals surface area contributed by atoms with E-state index in [4.69, 9.17) is 0 Å². The van der Waals surface area contributed by atoms with Gasteiger partial charge in [0.05, 0.1) is 4.90 Å². The minimum absolute atomic E-state index is 0.0637. The lowest BCUT2D eigenvalue weighted by molar-refractivity contribution is 0.0463. The van der Waals surface area contributed by atoms with E-state index < -0.39 is 16.6 Å². The lowest BCUT2D eigenvalue weighted by atomic mass is 10.4. The average Bonchev–Trinajstić information content (AvgIpc) is 2.35.